The van der Waals surface area contributed by atoms with Gasteiger partial charge in [-0.3, -0.25) is 0 Å². The third-order valence-electron chi connectivity index (χ3n) is 7.80. The molecule has 0 N–H and O–H groups in total. The van der Waals surface area contributed by atoms with Gasteiger partial charge < -0.3 is 14.2 Å². The van der Waals surface area contributed by atoms with Gasteiger partial charge in [0.15, 0.2) is 5.79 Å². The van der Waals surface area contributed by atoms with Crippen molar-refractivity contribution in [3.05, 3.63) is 49.1 Å². The van der Waals surface area contributed by atoms with Crippen molar-refractivity contribution in [2.45, 2.75) is 37.6 Å². The number of ether oxygens (including phenoxy) is 3. The van der Waals surface area contributed by atoms with Crippen LogP contribution in [0.15, 0.2) is 49.1 Å². The maximum absolute atomic E-state index is 6.45. The summed E-state index contributed by atoms with van der Waals surface area (Å²) in [5.74, 6) is 0.147. The molecule has 0 radical (unpaired) electrons. The molecule has 0 aromatic heterocycles. The highest BCUT2D eigenvalue weighted by molar-refractivity contribution is 5.47. The van der Waals surface area contributed by atoms with E-state index < -0.39 is 11.4 Å². The average Bonchev–Trinajstić information content (AvgIpc) is 2.89. The van der Waals surface area contributed by atoms with Crippen LogP contribution < -0.4 is 0 Å². The second-order valence-electron chi connectivity index (χ2n) is 8.44. The summed E-state index contributed by atoms with van der Waals surface area (Å²) < 4.78 is 18.9. The second-order valence-corrected chi connectivity index (χ2v) is 8.44. The van der Waals surface area contributed by atoms with Crippen LogP contribution in [0.4, 0.5) is 0 Å². The van der Waals surface area contributed by atoms with Crippen molar-refractivity contribution in [3.63, 3.8) is 0 Å². The molecule has 1 aliphatic heterocycles. The van der Waals surface area contributed by atoms with Crippen LogP contribution in [0.1, 0.15) is 26.2 Å². The van der Waals surface area contributed by atoms with Crippen LogP contribution in [0.5, 0.6) is 0 Å². The molecule has 4 saturated carbocycles. The highest BCUT2D eigenvalue weighted by atomic mass is 16.7. The van der Waals surface area contributed by atoms with Gasteiger partial charge >= 0.3 is 0 Å². The van der Waals surface area contributed by atoms with Crippen LogP contribution in [-0.4, -0.2) is 32.2 Å². The Balaban J connectivity index is 2.06. The Morgan fingerprint density at radius 3 is 2.60 bits per heavy atom. The first-order valence-electron chi connectivity index (χ1n) is 9.25. The minimum atomic E-state index is -0.798. The average molecular weight is 342 g/mol. The molecular formula is C22H30O3. The van der Waals surface area contributed by atoms with Crippen molar-refractivity contribution in [1.82, 2.24) is 0 Å². The Hall–Kier alpha value is -1.16. The maximum Gasteiger partial charge on any atom is 0.197 e. The standard InChI is InChI=1S/C22H30O3/c1-8-11-20-12-25-22(24-7)15(5)21(23-6)16(20)10-9-14(4)18(21)17(13(2)3)19(20)22/h8,16-19H,1-2,4-5,9-12H2,3,6-7H3/t16-,17-,18+,19+,20-,21-,22+/m0/s1. The lowest BCUT2D eigenvalue weighted by atomic mass is 9.35. The van der Waals surface area contributed by atoms with Crippen LogP contribution in [0.3, 0.4) is 0 Å². The predicted molar refractivity (Wildman–Crippen MR) is 99.0 cm³/mol. The van der Waals surface area contributed by atoms with Gasteiger partial charge in [0.1, 0.15) is 5.60 Å². The van der Waals surface area contributed by atoms with Crippen molar-refractivity contribution in [1.29, 1.82) is 0 Å². The number of hydrogen-bond acceptors (Lipinski definition) is 3. The highest BCUT2D eigenvalue weighted by Crippen LogP contribution is 2.77. The summed E-state index contributed by atoms with van der Waals surface area (Å²) in [6, 6.07) is 0. The van der Waals surface area contributed by atoms with Gasteiger partial charge in [0.2, 0.25) is 0 Å². The molecule has 5 rings (SSSR count). The van der Waals surface area contributed by atoms with E-state index in [1.165, 1.54) is 5.57 Å². The Morgan fingerprint density at radius 1 is 1.32 bits per heavy atom. The van der Waals surface area contributed by atoms with Crippen LogP contribution in [-0.2, 0) is 14.2 Å². The molecule has 3 heteroatoms. The van der Waals surface area contributed by atoms with E-state index in [0.29, 0.717) is 12.5 Å². The molecule has 3 nitrogen and oxygen atoms in total. The number of rotatable bonds is 5. The molecule has 7 atom stereocenters. The minimum Gasteiger partial charge on any atom is -0.373 e. The van der Waals surface area contributed by atoms with E-state index in [1.54, 1.807) is 7.11 Å². The molecule has 0 amide bonds. The zero-order valence-corrected chi connectivity index (χ0v) is 15.8. The lowest BCUT2D eigenvalue weighted by Gasteiger charge is -2.71. The predicted octanol–water partition coefficient (Wildman–Crippen LogP) is 4.28. The summed E-state index contributed by atoms with van der Waals surface area (Å²) in [5.41, 5.74) is 2.82. The van der Waals surface area contributed by atoms with E-state index in [-0.39, 0.29) is 23.2 Å². The fourth-order valence-electron chi connectivity index (χ4n) is 7.17. The first kappa shape index (κ1) is 17.3. The molecule has 5 fully saturated rings. The number of methoxy groups -OCH3 is 2. The van der Waals surface area contributed by atoms with Crippen molar-refractivity contribution in [2.75, 3.05) is 20.8 Å². The molecule has 1 saturated heterocycles. The molecule has 5 aliphatic rings. The van der Waals surface area contributed by atoms with Crippen LogP contribution in [0.2, 0.25) is 0 Å². The number of allylic oxidation sites excluding steroid dienone is 2. The summed E-state index contributed by atoms with van der Waals surface area (Å²) in [5, 5.41) is 0. The molecule has 136 valence electrons. The fourth-order valence-corrected chi connectivity index (χ4v) is 7.17. The topological polar surface area (TPSA) is 27.7 Å². The Kier molecular flexibility index (Phi) is 3.58. The molecule has 4 aliphatic carbocycles. The third-order valence-corrected chi connectivity index (χ3v) is 7.80. The van der Waals surface area contributed by atoms with Gasteiger partial charge in [0.25, 0.3) is 0 Å². The summed E-state index contributed by atoms with van der Waals surface area (Å²) >= 11 is 0. The Labute approximate surface area is 151 Å². The summed E-state index contributed by atoms with van der Waals surface area (Å²) in [7, 11) is 3.55. The minimum absolute atomic E-state index is 0.0459. The first-order chi connectivity index (χ1) is 11.9. The molecule has 25 heavy (non-hydrogen) atoms. The molecule has 6 bridgehead atoms. The lowest BCUT2D eigenvalue weighted by Crippen LogP contribution is -2.76. The first-order valence-corrected chi connectivity index (χ1v) is 9.25. The van der Waals surface area contributed by atoms with Gasteiger partial charge in [0, 0.05) is 43.0 Å². The van der Waals surface area contributed by atoms with E-state index in [2.05, 4.69) is 33.2 Å². The largest absolute Gasteiger partial charge is 0.373 e. The monoisotopic (exact) mass is 342 g/mol. The molecule has 1 heterocycles. The van der Waals surface area contributed by atoms with Gasteiger partial charge in [0.05, 0.1) is 6.61 Å². The van der Waals surface area contributed by atoms with Crippen LogP contribution >= 0.6 is 0 Å². The second kappa shape index (κ2) is 5.18. The van der Waals surface area contributed by atoms with Crippen molar-refractivity contribution >= 4 is 0 Å². The van der Waals surface area contributed by atoms with Crippen molar-refractivity contribution in [3.8, 4) is 0 Å². The normalized spacial score (nSPS) is 50.2. The van der Waals surface area contributed by atoms with Crippen LogP contribution in [0.25, 0.3) is 0 Å². The van der Waals surface area contributed by atoms with Crippen molar-refractivity contribution < 1.29 is 14.2 Å². The summed E-state index contributed by atoms with van der Waals surface area (Å²) in [4.78, 5) is 0. The Bertz CT molecular complexity index is 679. The van der Waals surface area contributed by atoms with E-state index >= 15 is 0 Å². The number of hydrogen-bond donors (Lipinski definition) is 0. The fraction of sp³-hybridized carbons (Fsp3) is 0.636. The lowest BCUT2D eigenvalue weighted by molar-refractivity contribution is -0.288. The zero-order valence-electron chi connectivity index (χ0n) is 15.8. The zero-order chi connectivity index (χ0) is 18.2. The molecule has 0 spiro atoms. The Morgan fingerprint density at radius 2 is 2.04 bits per heavy atom. The highest BCUT2D eigenvalue weighted by Gasteiger charge is 2.82. The third kappa shape index (κ3) is 1.60. The summed E-state index contributed by atoms with van der Waals surface area (Å²) in [6.07, 6.45) is 5.02. The quantitative estimate of drug-likeness (QED) is 0.698. The van der Waals surface area contributed by atoms with Crippen molar-refractivity contribution in [2.24, 2.45) is 29.1 Å². The SMILES string of the molecule is C=CC[C@]12CO[C@]3(OC)C(=C)[C@@]4(OC)[C@H](C(=C)CC[C@@H]14)[C@H](C(=C)C)[C@@H]32. The maximum atomic E-state index is 6.45. The van der Waals surface area contributed by atoms with E-state index in [0.717, 1.165) is 30.4 Å². The summed E-state index contributed by atoms with van der Waals surface area (Å²) in [6.45, 7) is 20.1. The molecule has 0 aromatic rings. The van der Waals surface area contributed by atoms with Crippen LogP contribution in [0, 0.1) is 29.1 Å². The van der Waals surface area contributed by atoms with Gasteiger partial charge in [-0.05, 0) is 32.1 Å². The van der Waals surface area contributed by atoms with Gasteiger partial charge in [-0.2, -0.15) is 0 Å². The molecule has 0 aromatic carbocycles. The van der Waals surface area contributed by atoms with Gasteiger partial charge in [-0.1, -0.05) is 37.0 Å². The van der Waals surface area contributed by atoms with E-state index in [1.807, 2.05) is 13.2 Å². The van der Waals surface area contributed by atoms with E-state index in [9.17, 15) is 0 Å². The smallest absolute Gasteiger partial charge is 0.197 e. The van der Waals surface area contributed by atoms with Gasteiger partial charge in [-0.15, -0.1) is 6.58 Å². The molecular weight excluding hydrogens is 312 g/mol. The molecule has 0 unspecified atom stereocenters. The van der Waals surface area contributed by atoms with Gasteiger partial charge in [-0.25, -0.2) is 0 Å². The van der Waals surface area contributed by atoms with E-state index in [4.69, 9.17) is 14.2 Å².